The maximum Gasteiger partial charge on any atom is 0.234 e. The van der Waals surface area contributed by atoms with Crippen LogP contribution >= 0.6 is 11.8 Å². The number of carbonyl (C=O) groups is 1. The number of hydrogen-bond donors (Lipinski definition) is 1. The summed E-state index contributed by atoms with van der Waals surface area (Å²) in [5.74, 6) is 1.74. The fourth-order valence-electron chi connectivity index (χ4n) is 3.21. The minimum atomic E-state index is -0.0785. The first kappa shape index (κ1) is 23.6. The Hall–Kier alpha value is -3.06. The number of aromatic nitrogens is 3. The number of hydrogen-bond acceptors (Lipinski definition) is 5. The van der Waals surface area contributed by atoms with E-state index in [0.29, 0.717) is 18.3 Å². The van der Waals surface area contributed by atoms with E-state index in [4.69, 9.17) is 4.74 Å². The van der Waals surface area contributed by atoms with Gasteiger partial charge in [0.15, 0.2) is 11.0 Å². The topological polar surface area (TPSA) is 69.0 Å². The Balaban J connectivity index is 1.67. The van der Waals surface area contributed by atoms with E-state index in [1.165, 1.54) is 17.3 Å². The van der Waals surface area contributed by atoms with Crippen LogP contribution in [0.5, 0.6) is 5.75 Å². The van der Waals surface area contributed by atoms with Gasteiger partial charge in [-0.05, 0) is 56.2 Å². The SMILES string of the molecule is C=CCn1c(SCC(=O)Nc2ccc(C)cc2C)nnc1-c1ccc(OCCCC)cc1. The van der Waals surface area contributed by atoms with E-state index in [0.717, 1.165) is 41.2 Å². The molecule has 0 unspecified atom stereocenters. The molecule has 32 heavy (non-hydrogen) atoms. The molecule has 3 aromatic rings. The van der Waals surface area contributed by atoms with Crippen molar-refractivity contribution in [2.45, 2.75) is 45.3 Å². The first-order valence-corrected chi connectivity index (χ1v) is 11.8. The molecule has 0 spiro atoms. The van der Waals surface area contributed by atoms with Crippen molar-refractivity contribution in [3.8, 4) is 17.1 Å². The van der Waals surface area contributed by atoms with E-state index >= 15 is 0 Å². The minimum Gasteiger partial charge on any atom is -0.494 e. The van der Waals surface area contributed by atoms with Crippen LogP contribution in [0.25, 0.3) is 11.4 Å². The second kappa shape index (κ2) is 11.5. The maximum absolute atomic E-state index is 12.5. The number of allylic oxidation sites excluding steroid dienone is 1. The normalized spacial score (nSPS) is 10.7. The Morgan fingerprint density at radius 3 is 2.66 bits per heavy atom. The average molecular weight is 451 g/mol. The van der Waals surface area contributed by atoms with Gasteiger partial charge in [0.2, 0.25) is 5.91 Å². The van der Waals surface area contributed by atoms with Crippen LogP contribution in [0.4, 0.5) is 5.69 Å². The van der Waals surface area contributed by atoms with Crippen molar-refractivity contribution in [1.29, 1.82) is 0 Å². The zero-order valence-electron chi connectivity index (χ0n) is 18.9. The van der Waals surface area contributed by atoms with Crippen LogP contribution in [0, 0.1) is 13.8 Å². The molecule has 0 aliphatic rings. The molecule has 1 aromatic heterocycles. The molecule has 2 aromatic carbocycles. The van der Waals surface area contributed by atoms with Crippen molar-refractivity contribution in [3.63, 3.8) is 0 Å². The Morgan fingerprint density at radius 1 is 1.19 bits per heavy atom. The number of rotatable bonds is 11. The third-order valence-corrected chi connectivity index (χ3v) is 5.86. The summed E-state index contributed by atoms with van der Waals surface area (Å²) >= 11 is 1.36. The number of unbranched alkanes of at least 4 members (excludes halogenated alkanes) is 1. The van der Waals surface area contributed by atoms with Crippen LogP contribution in [0.1, 0.15) is 30.9 Å². The number of ether oxygens (including phenoxy) is 1. The molecule has 0 bridgehead atoms. The zero-order chi connectivity index (χ0) is 22.9. The maximum atomic E-state index is 12.5. The lowest BCUT2D eigenvalue weighted by Crippen LogP contribution is -2.15. The lowest BCUT2D eigenvalue weighted by molar-refractivity contribution is -0.113. The number of nitrogens with one attached hydrogen (secondary N) is 1. The van der Waals surface area contributed by atoms with Crippen molar-refractivity contribution in [1.82, 2.24) is 14.8 Å². The molecule has 0 atom stereocenters. The fourth-order valence-corrected chi connectivity index (χ4v) is 3.96. The number of benzene rings is 2. The van der Waals surface area contributed by atoms with Crippen LogP contribution in [0.3, 0.4) is 0 Å². The Labute approximate surface area is 194 Å². The summed E-state index contributed by atoms with van der Waals surface area (Å²) in [6.07, 6.45) is 3.94. The molecule has 0 aliphatic carbocycles. The second-order valence-corrected chi connectivity index (χ2v) is 8.53. The molecule has 6 nitrogen and oxygen atoms in total. The third-order valence-electron chi connectivity index (χ3n) is 4.90. The van der Waals surface area contributed by atoms with E-state index in [2.05, 4.69) is 35.1 Å². The molecular weight excluding hydrogens is 420 g/mol. The van der Waals surface area contributed by atoms with E-state index < -0.39 is 0 Å². The van der Waals surface area contributed by atoms with Gasteiger partial charge in [-0.15, -0.1) is 16.8 Å². The minimum absolute atomic E-state index is 0.0785. The van der Waals surface area contributed by atoms with Crippen molar-refractivity contribution < 1.29 is 9.53 Å². The summed E-state index contributed by atoms with van der Waals surface area (Å²) in [6, 6.07) is 13.8. The Kier molecular flexibility index (Phi) is 8.50. The molecule has 0 saturated heterocycles. The summed E-state index contributed by atoms with van der Waals surface area (Å²) in [4.78, 5) is 12.5. The predicted octanol–water partition coefficient (Wildman–Crippen LogP) is 5.66. The van der Waals surface area contributed by atoms with Gasteiger partial charge < -0.3 is 10.1 Å². The van der Waals surface area contributed by atoms with Gasteiger partial charge in [0.05, 0.1) is 12.4 Å². The van der Waals surface area contributed by atoms with Gasteiger partial charge in [-0.3, -0.25) is 9.36 Å². The smallest absolute Gasteiger partial charge is 0.234 e. The first-order valence-electron chi connectivity index (χ1n) is 10.8. The lowest BCUT2D eigenvalue weighted by Gasteiger charge is -2.10. The molecular formula is C25H30N4O2S. The van der Waals surface area contributed by atoms with Gasteiger partial charge in [-0.25, -0.2) is 0 Å². The standard InChI is InChI=1S/C25H30N4O2S/c1-5-7-15-31-21-11-9-20(10-12-21)24-27-28-25(29(24)14-6-2)32-17-23(30)26-22-13-8-18(3)16-19(22)4/h6,8-13,16H,2,5,7,14-15,17H2,1,3-4H3,(H,26,30). The quantitative estimate of drug-likeness (QED) is 0.232. The van der Waals surface area contributed by atoms with Gasteiger partial charge in [0, 0.05) is 17.8 Å². The number of carbonyl (C=O) groups excluding carboxylic acids is 1. The second-order valence-electron chi connectivity index (χ2n) is 7.59. The van der Waals surface area contributed by atoms with Crippen molar-refractivity contribution in [3.05, 3.63) is 66.2 Å². The monoisotopic (exact) mass is 450 g/mol. The van der Waals surface area contributed by atoms with Gasteiger partial charge in [0.25, 0.3) is 0 Å². The molecule has 168 valence electrons. The molecule has 0 saturated carbocycles. The lowest BCUT2D eigenvalue weighted by atomic mass is 10.1. The number of thioether (sulfide) groups is 1. The highest BCUT2D eigenvalue weighted by Crippen LogP contribution is 2.26. The van der Waals surface area contributed by atoms with Gasteiger partial charge >= 0.3 is 0 Å². The van der Waals surface area contributed by atoms with E-state index in [1.807, 2.05) is 54.8 Å². The van der Waals surface area contributed by atoms with Crippen LogP contribution in [0.2, 0.25) is 0 Å². The molecule has 0 radical (unpaired) electrons. The highest BCUT2D eigenvalue weighted by atomic mass is 32.2. The van der Waals surface area contributed by atoms with E-state index in [9.17, 15) is 4.79 Å². The fraction of sp³-hybridized carbons (Fsp3) is 0.320. The molecule has 3 rings (SSSR count). The molecule has 1 N–H and O–H groups in total. The van der Waals surface area contributed by atoms with Crippen LogP contribution in [-0.4, -0.2) is 33.0 Å². The van der Waals surface area contributed by atoms with Crippen LogP contribution in [-0.2, 0) is 11.3 Å². The summed E-state index contributed by atoms with van der Waals surface area (Å²) in [6.45, 7) is 11.3. The largest absolute Gasteiger partial charge is 0.494 e. The third kappa shape index (κ3) is 6.23. The number of aryl methyl sites for hydroxylation is 2. The molecule has 7 heteroatoms. The van der Waals surface area contributed by atoms with Crippen molar-refractivity contribution in [2.24, 2.45) is 0 Å². The zero-order valence-corrected chi connectivity index (χ0v) is 19.7. The number of anilines is 1. The Morgan fingerprint density at radius 2 is 1.97 bits per heavy atom. The number of amides is 1. The number of nitrogens with zero attached hydrogens (tertiary/aromatic N) is 3. The molecule has 1 heterocycles. The van der Waals surface area contributed by atoms with Crippen molar-refractivity contribution in [2.75, 3.05) is 17.7 Å². The Bertz CT molecular complexity index is 1060. The average Bonchev–Trinajstić information content (AvgIpc) is 3.18. The summed E-state index contributed by atoms with van der Waals surface area (Å²) < 4.78 is 7.71. The summed E-state index contributed by atoms with van der Waals surface area (Å²) in [5.41, 5.74) is 3.98. The van der Waals surface area contributed by atoms with E-state index in [-0.39, 0.29) is 11.7 Å². The van der Waals surface area contributed by atoms with Crippen LogP contribution < -0.4 is 10.1 Å². The predicted molar refractivity (Wildman–Crippen MR) is 131 cm³/mol. The van der Waals surface area contributed by atoms with Crippen molar-refractivity contribution >= 4 is 23.4 Å². The molecule has 0 aliphatic heterocycles. The van der Waals surface area contributed by atoms with Gasteiger partial charge in [-0.2, -0.15) is 0 Å². The highest BCUT2D eigenvalue weighted by molar-refractivity contribution is 7.99. The van der Waals surface area contributed by atoms with Gasteiger partial charge in [-0.1, -0.05) is 48.9 Å². The summed E-state index contributed by atoms with van der Waals surface area (Å²) in [5, 5.41) is 12.3. The molecule has 1 amide bonds. The van der Waals surface area contributed by atoms with Crippen LogP contribution in [0.15, 0.2) is 60.3 Å². The summed E-state index contributed by atoms with van der Waals surface area (Å²) in [7, 11) is 0. The molecule has 0 fully saturated rings. The van der Waals surface area contributed by atoms with E-state index in [1.54, 1.807) is 6.08 Å². The highest BCUT2D eigenvalue weighted by Gasteiger charge is 2.15. The first-order chi connectivity index (χ1) is 15.5. The van der Waals surface area contributed by atoms with Gasteiger partial charge in [0.1, 0.15) is 5.75 Å².